The molecule has 0 atom stereocenters. The zero-order chi connectivity index (χ0) is 43.0. The predicted octanol–water partition coefficient (Wildman–Crippen LogP) is 4.37. The number of rotatable bonds is 42. The molecule has 0 aliphatic heterocycles. The van der Waals surface area contributed by atoms with Crippen molar-refractivity contribution in [1.29, 1.82) is 0 Å². The van der Waals surface area contributed by atoms with Gasteiger partial charge in [-0.05, 0) is 16.7 Å². The molecule has 0 radical (unpaired) electrons. The summed E-state index contributed by atoms with van der Waals surface area (Å²) < 4.78 is 77.2. The zero-order valence-electron chi connectivity index (χ0n) is 36.0. The highest BCUT2D eigenvalue weighted by Crippen LogP contribution is 2.40. The van der Waals surface area contributed by atoms with E-state index in [-0.39, 0.29) is 6.61 Å². The molecule has 342 valence electrons. The van der Waals surface area contributed by atoms with Gasteiger partial charge in [-0.2, -0.15) is 0 Å². The van der Waals surface area contributed by atoms with Gasteiger partial charge in [0.15, 0.2) is 0 Å². The molecule has 0 aliphatic carbocycles. The first kappa shape index (κ1) is 52.0. The number of esters is 1. The van der Waals surface area contributed by atoms with Gasteiger partial charge in [0, 0.05) is 0 Å². The highest BCUT2D eigenvalue weighted by atomic mass is 16.6. The Morgan fingerprint density at radius 3 is 0.770 bits per heavy atom. The summed E-state index contributed by atoms with van der Waals surface area (Å²) in [5.74, 6) is -0.410. The monoisotopic (exact) mass is 860 g/mol. The molecule has 0 heterocycles. The average Bonchev–Trinajstić information content (AvgIpc) is 3.30. The van der Waals surface area contributed by atoms with Gasteiger partial charge in [0.25, 0.3) is 0 Å². The minimum absolute atomic E-state index is 0.0747. The number of hydrogen-bond donors (Lipinski definition) is 0. The quantitative estimate of drug-likeness (QED) is 0.0451. The highest BCUT2D eigenvalue weighted by Gasteiger charge is 2.37. The Morgan fingerprint density at radius 1 is 0.328 bits per heavy atom. The fraction of sp³-hybridized carbons (Fsp3) is 0.587. The predicted molar refractivity (Wildman–Crippen MR) is 227 cm³/mol. The second kappa shape index (κ2) is 37.2. The molecule has 3 aromatic rings. The van der Waals surface area contributed by atoms with Crippen LogP contribution in [0.3, 0.4) is 0 Å². The van der Waals surface area contributed by atoms with Crippen LogP contribution in [0.1, 0.15) is 16.7 Å². The van der Waals surface area contributed by atoms with Crippen LogP contribution in [-0.2, 0) is 76.7 Å². The lowest BCUT2D eigenvalue weighted by Crippen LogP contribution is -2.34. The Bertz CT molecular complexity index is 1310. The van der Waals surface area contributed by atoms with Gasteiger partial charge < -0.3 is 66.3 Å². The third kappa shape index (κ3) is 24.7. The molecule has 3 rings (SSSR count). The molecule has 3 aromatic carbocycles. The Hall–Kier alpha value is -3.39. The van der Waals surface area contributed by atoms with Crippen molar-refractivity contribution in [1.82, 2.24) is 0 Å². The van der Waals surface area contributed by atoms with Crippen molar-refractivity contribution in [2.75, 3.05) is 172 Å². The molecule has 0 N–H and O–H groups in total. The second-order valence-corrected chi connectivity index (χ2v) is 13.0. The van der Waals surface area contributed by atoms with Gasteiger partial charge in [0.05, 0.1) is 166 Å². The van der Waals surface area contributed by atoms with Crippen molar-refractivity contribution < 1.29 is 71.1 Å². The average molecular weight is 861 g/mol. The smallest absolute Gasteiger partial charge is 0.331 e. The van der Waals surface area contributed by atoms with E-state index in [4.69, 9.17) is 61.6 Å². The van der Waals surface area contributed by atoms with Gasteiger partial charge in [-0.3, -0.25) is 0 Å². The Morgan fingerprint density at radius 2 is 0.541 bits per heavy atom. The van der Waals surface area contributed by atoms with E-state index in [1.54, 1.807) is 0 Å². The summed E-state index contributed by atoms with van der Waals surface area (Å²) in [6, 6.07) is 30.9. The normalized spacial score (nSPS) is 11.6. The summed E-state index contributed by atoms with van der Waals surface area (Å²) in [6.07, 6.45) is 0. The van der Waals surface area contributed by atoms with Gasteiger partial charge in [-0.1, -0.05) is 91.0 Å². The molecule has 0 spiro atoms. The van der Waals surface area contributed by atoms with Gasteiger partial charge in [0.1, 0.15) is 12.2 Å². The number of hydrogen-bond acceptors (Lipinski definition) is 15. The minimum atomic E-state index is -0.758. The van der Waals surface area contributed by atoms with Crippen LogP contribution in [0.2, 0.25) is 0 Å². The molecular weight excluding hydrogens is 792 g/mol. The van der Waals surface area contributed by atoms with E-state index in [9.17, 15) is 4.79 Å². The summed E-state index contributed by atoms with van der Waals surface area (Å²) in [4.78, 5) is 10.9. The van der Waals surface area contributed by atoms with E-state index in [1.165, 1.54) is 7.11 Å². The van der Waals surface area contributed by atoms with E-state index in [1.807, 2.05) is 54.6 Å². The number of benzene rings is 3. The Labute approximate surface area is 362 Å². The van der Waals surface area contributed by atoms with Crippen LogP contribution in [0.15, 0.2) is 91.0 Å². The van der Waals surface area contributed by atoms with E-state index in [0.29, 0.717) is 159 Å². The maximum atomic E-state index is 10.9. The lowest BCUT2D eigenvalue weighted by Gasteiger charge is -2.36. The molecule has 0 saturated carbocycles. The maximum Gasteiger partial charge on any atom is 0.331 e. The fourth-order valence-electron chi connectivity index (χ4n) is 5.66. The van der Waals surface area contributed by atoms with Gasteiger partial charge >= 0.3 is 5.97 Å². The van der Waals surface area contributed by atoms with Crippen LogP contribution in [0.25, 0.3) is 0 Å². The Kier molecular flexibility index (Phi) is 31.7. The van der Waals surface area contributed by atoms with Gasteiger partial charge in [-0.25, -0.2) is 4.79 Å². The van der Waals surface area contributed by atoms with Crippen LogP contribution in [0.5, 0.6) is 0 Å². The molecule has 15 heteroatoms. The molecule has 0 aliphatic rings. The molecule has 0 unspecified atom stereocenters. The molecule has 0 amide bonds. The van der Waals surface area contributed by atoms with Crippen molar-refractivity contribution >= 4 is 5.97 Å². The third-order valence-corrected chi connectivity index (χ3v) is 8.63. The van der Waals surface area contributed by atoms with E-state index in [2.05, 4.69) is 41.1 Å². The summed E-state index contributed by atoms with van der Waals surface area (Å²) in [5.41, 5.74) is 2.43. The van der Waals surface area contributed by atoms with Crippen LogP contribution in [-0.4, -0.2) is 178 Å². The first-order valence-electron chi connectivity index (χ1n) is 21.1. The second-order valence-electron chi connectivity index (χ2n) is 13.0. The molecule has 0 saturated heterocycles. The zero-order valence-corrected chi connectivity index (χ0v) is 36.0. The lowest BCUT2D eigenvalue weighted by atomic mass is 9.80. The SMILES string of the molecule is COC(=O)COCCOCCOCCOCCOCCOCCOCCOCCOCCOCCOCCOCCOC(c1ccccc1)(c1ccccc1)c1ccccc1. The van der Waals surface area contributed by atoms with Crippen LogP contribution < -0.4 is 0 Å². The summed E-state index contributed by atoms with van der Waals surface area (Å²) in [7, 11) is 1.32. The van der Waals surface area contributed by atoms with E-state index >= 15 is 0 Å². The van der Waals surface area contributed by atoms with Crippen LogP contribution in [0, 0.1) is 0 Å². The van der Waals surface area contributed by atoms with Gasteiger partial charge in [0.2, 0.25) is 0 Å². The van der Waals surface area contributed by atoms with Crippen LogP contribution >= 0.6 is 0 Å². The van der Waals surface area contributed by atoms with Crippen molar-refractivity contribution in [2.24, 2.45) is 0 Å². The van der Waals surface area contributed by atoms with Crippen LogP contribution in [0.4, 0.5) is 0 Å². The molecule has 0 fully saturated rings. The van der Waals surface area contributed by atoms with E-state index in [0.717, 1.165) is 16.7 Å². The fourth-order valence-corrected chi connectivity index (χ4v) is 5.66. The highest BCUT2D eigenvalue weighted by molar-refractivity contribution is 5.70. The number of ether oxygens (including phenoxy) is 14. The Balaban J connectivity index is 1.01. The summed E-state index contributed by atoms with van der Waals surface area (Å²) in [5, 5.41) is 0. The van der Waals surface area contributed by atoms with Crippen molar-refractivity contribution in [3.05, 3.63) is 108 Å². The summed E-state index contributed by atoms with van der Waals surface area (Å²) in [6.45, 7) is 11.0. The number of carbonyl (C=O) groups excluding carboxylic acids is 1. The van der Waals surface area contributed by atoms with Crippen molar-refractivity contribution in [3.8, 4) is 0 Å². The number of carbonyl (C=O) groups is 1. The van der Waals surface area contributed by atoms with Crippen molar-refractivity contribution in [2.45, 2.75) is 5.60 Å². The standard InChI is InChI=1S/C46H68O15/c1-48-45(47)41-60-38-37-58-34-33-56-30-29-54-26-25-52-22-21-50-18-17-49-19-20-51-23-24-53-27-28-55-31-32-57-35-36-59-39-40-61-46(42-11-5-2-6-12-42,43-13-7-3-8-14-43)44-15-9-4-10-16-44/h2-16H,17-41H2,1H3. The molecule has 61 heavy (non-hydrogen) atoms. The molecule has 0 aromatic heterocycles. The molecule has 0 bridgehead atoms. The van der Waals surface area contributed by atoms with Crippen molar-refractivity contribution in [3.63, 3.8) is 0 Å². The molecular formula is C46H68O15. The first-order chi connectivity index (χ1) is 30.3. The maximum absolute atomic E-state index is 10.9. The topological polar surface area (TPSA) is 146 Å². The largest absolute Gasteiger partial charge is 0.467 e. The van der Waals surface area contributed by atoms with E-state index < -0.39 is 11.6 Å². The molecule has 15 nitrogen and oxygen atoms in total. The first-order valence-corrected chi connectivity index (χ1v) is 21.1. The third-order valence-electron chi connectivity index (χ3n) is 8.63. The summed E-state index contributed by atoms with van der Waals surface area (Å²) >= 11 is 0. The van der Waals surface area contributed by atoms with Gasteiger partial charge in [-0.15, -0.1) is 0 Å². The minimum Gasteiger partial charge on any atom is -0.467 e. The number of methoxy groups -OCH3 is 1. The lowest BCUT2D eigenvalue weighted by molar-refractivity contribution is -0.146.